The first-order chi connectivity index (χ1) is 7.83. The summed E-state index contributed by atoms with van der Waals surface area (Å²) in [4.78, 5) is 0. The highest BCUT2D eigenvalue weighted by Gasteiger charge is 2.17. The van der Waals surface area contributed by atoms with Gasteiger partial charge >= 0.3 is 0 Å². The third-order valence-corrected chi connectivity index (χ3v) is 3.50. The van der Waals surface area contributed by atoms with Gasteiger partial charge in [0.25, 0.3) is 0 Å². The Labute approximate surface area is 97.1 Å². The van der Waals surface area contributed by atoms with Crippen LogP contribution in [0.3, 0.4) is 0 Å². The van der Waals surface area contributed by atoms with Crippen LogP contribution in [-0.4, -0.2) is 0 Å². The van der Waals surface area contributed by atoms with E-state index in [1.54, 1.807) is 0 Å². The zero-order chi connectivity index (χ0) is 11.0. The van der Waals surface area contributed by atoms with Crippen LogP contribution in [0.2, 0.25) is 0 Å². The number of rotatable bonds is 2. The lowest BCUT2D eigenvalue weighted by atomic mass is 9.97. The molecule has 0 atom stereocenters. The van der Waals surface area contributed by atoms with Crippen molar-refractivity contribution >= 4 is 0 Å². The summed E-state index contributed by atoms with van der Waals surface area (Å²) in [5.74, 6) is 0. The predicted octanol–water partition coefficient (Wildman–Crippen LogP) is 4.41. The lowest BCUT2D eigenvalue weighted by molar-refractivity contribution is 1.08. The minimum absolute atomic E-state index is 1.11. The summed E-state index contributed by atoms with van der Waals surface area (Å²) in [7, 11) is 0. The topological polar surface area (TPSA) is 0 Å². The normalized spacial score (nSPS) is 22.9. The minimum atomic E-state index is 1.11. The molecule has 0 nitrogen and oxygen atoms in total. The molecule has 3 rings (SSSR count). The van der Waals surface area contributed by atoms with E-state index in [4.69, 9.17) is 0 Å². The summed E-state index contributed by atoms with van der Waals surface area (Å²) in [5, 5.41) is 0. The number of allylic oxidation sites excluding steroid dienone is 12. The van der Waals surface area contributed by atoms with Crippen molar-refractivity contribution in [3.63, 3.8) is 0 Å². The third-order valence-electron chi connectivity index (χ3n) is 3.50. The van der Waals surface area contributed by atoms with E-state index in [1.165, 1.54) is 27.9 Å². The van der Waals surface area contributed by atoms with Crippen LogP contribution >= 0.6 is 0 Å². The molecule has 0 heteroatoms. The molecule has 0 saturated carbocycles. The van der Waals surface area contributed by atoms with E-state index in [-0.39, 0.29) is 0 Å². The molecule has 80 valence electrons. The van der Waals surface area contributed by atoms with Gasteiger partial charge in [-0.25, -0.2) is 0 Å². The lowest BCUT2D eigenvalue weighted by Gasteiger charge is -2.07. The first-order valence-corrected chi connectivity index (χ1v) is 5.95. The Balaban J connectivity index is 1.68. The molecular weight excluding hydrogens is 192 g/mol. The van der Waals surface area contributed by atoms with Crippen LogP contribution in [-0.2, 0) is 0 Å². The molecule has 0 heterocycles. The average molecular weight is 208 g/mol. The van der Waals surface area contributed by atoms with Gasteiger partial charge < -0.3 is 0 Å². The van der Waals surface area contributed by atoms with E-state index in [0.29, 0.717) is 0 Å². The van der Waals surface area contributed by atoms with E-state index in [9.17, 15) is 0 Å². The van der Waals surface area contributed by atoms with Crippen molar-refractivity contribution < 1.29 is 0 Å². The van der Waals surface area contributed by atoms with Crippen molar-refractivity contribution in [3.05, 3.63) is 70.4 Å². The largest absolute Gasteiger partial charge is 0.0801 e. The van der Waals surface area contributed by atoms with Crippen LogP contribution in [0.1, 0.15) is 26.2 Å². The summed E-state index contributed by atoms with van der Waals surface area (Å²) in [6, 6.07) is 0. The molecule has 0 spiro atoms. The molecule has 0 aliphatic heterocycles. The van der Waals surface area contributed by atoms with Gasteiger partial charge in [0.2, 0.25) is 0 Å². The fourth-order valence-electron chi connectivity index (χ4n) is 2.53. The van der Waals surface area contributed by atoms with Gasteiger partial charge in [0.05, 0.1) is 0 Å². The quantitative estimate of drug-likeness (QED) is 0.630. The lowest BCUT2D eigenvalue weighted by Crippen LogP contribution is -1.89. The van der Waals surface area contributed by atoms with E-state index in [0.717, 1.165) is 19.3 Å². The maximum atomic E-state index is 2.30. The van der Waals surface area contributed by atoms with Gasteiger partial charge in [-0.2, -0.15) is 0 Å². The van der Waals surface area contributed by atoms with Crippen molar-refractivity contribution in [3.8, 4) is 0 Å². The molecule has 16 heavy (non-hydrogen) atoms. The maximum Gasteiger partial charge on any atom is -0.00201 e. The highest BCUT2D eigenvalue weighted by molar-refractivity contribution is 5.54. The zero-order valence-electron chi connectivity index (χ0n) is 9.66. The van der Waals surface area contributed by atoms with Gasteiger partial charge in [-0.3, -0.25) is 0 Å². The van der Waals surface area contributed by atoms with Gasteiger partial charge in [-0.15, -0.1) is 0 Å². The van der Waals surface area contributed by atoms with Gasteiger partial charge in [0.15, 0.2) is 0 Å². The molecule has 0 N–H and O–H groups in total. The zero-order valence-corrected chi connectivity index (χ0v) is 9.66. The molecule has 3 aliphatic rings. The summed E-state index contributed by atoms with van der Waals surface area (Å²) in [6.45, 7) is 2.21. The van der Waals surface area contributed by atoms with Gasteiger partial charge in [0, 0.05) is 0 Å². The molecular formula is C16H16. The number of hydrogen-bond acceptors (Lipinski definition) is 0. The van der Waals surface area contributed by atoms with Gasteiger partial charge in [-0.1, -0.05) is 48.1 Å². The SMILES string of the molecule is CC1=CC=C(C2=CC=C(C3=CC=CC3)C2)C1. The van der Waals surface area contributed by atoms with E-state index >= 15 is 0 Å². The number of hydrogen-bond donors (Lipinski definition) is 0. The second-order valence-corrected chi connectivity index (χ2v) is 4.77. The Morgan fingerprint density at radius 3 is 2.06 bits per heavy atom. The second kappa shape index (κ2) is 3.79. The summed E-state index contributed by atoms with van der Waals surface area (Å²) in [6.07, 6.45) is 19.1. The maximum absolute atomic E-state index is 2.30. The van der Waals surface area contributed by atoms with Crippen molar-refractivity contribution in [2.75, 3.05) is 0 Å². The highest BCUT2D eigenvalue weighted by Crippen LogP contribution is 2.36. The Hall–Kier alpha value is -1.56. The Kier molecular flexibility index (Phi) is 2.28. The molecule has 0 radical (unpaired) electrons. The average Bonchev–Trinajstić information content (AvgIpc) is 2.97. The first kappa shape index (κ1) is 9.65. The first-order valence-electron chi connectivity index (χ1n) is 5.95. The molecule has 0 saturated heterocycles. The smallest absolute Gasteiger partial charge is 0.00201 e. The molecule has 3 aliphatic carbocycles. The predicted molar refractivity (Wildman–Crippen MR) is 69.1 cm³/mol. The fourth-order valence-corrected chi connectivity index (χ4v) is 2.53. The van der Waals surface area contributed by atoms with Gasteiger partial charge in [-0.05, 0) is 48.5 Å². The molecule has 0 aromatic carbocycles. The Bertz CT molecular complexity index is 502. The van der Waals surface area contributed by atoms with Gasteiger partial charge in [0.1, 0.15) is 0 Å². The van der Waals surface area contributed by atoms with Crippen molar-refractivity contribution in [1.82, 2.24) is 0 Å². The van der Waals surface area contributed by atoms with E-state index < -0.39 is 0 Å². The van der Waals surface area contributed by atoms with Crippen LogP contribution in [0.15, 0.2) is 70.4 Å². The monoisotopic (exact) mass is 208 g/mol. The molecule has 0 amide bonds. The Morgan fingerprint density at radius 2 is 1.44 bits per heavy atom. The molecule has 0 unspecified atom stereocenters. The molecule has 0 fully saturated rings. The fraction of sp³-hybridized carbons (Fsp3) is 0.250. The van der Waals surface area contributed by atoms with Crippen LogP contribution in [0.4, 0.5) is 0 Å². The van der Waals surface area contributed by atoms with E-state index in [1.807, 2.05) is 0 Å². The standard InChI is InChI=1S/C16H16/c1-12-6-7-14(10-12)16-9-8-15(11-16)13-4-2-3-5-13/h2-4,6-9H,5,10-11H2,1H3. The van der Waals surface area contributed by atoms with Crippen LogP contribution < -0.4 is 0 Å². The van der Waals surface area contributed by atoms with E-state index in [2.05, 4.69) is 49.5 Å². The second-order valence-electron chi connectivity index (χ2n) is 4.77. The van der Waals surface area contributed by atoms with Crippen molar-refractivity contribution in [2.24, 2.45) is 0 Å². The molecule has 0 aromatic heterocycles. The highest BCUT2D eigenvalue weighted by atomic mass is 14.2. The summed E-state index contributed by atoms with van der Waals surface area (Å²) >= 11 is 0. The minimum Gasteiger partial charge on any atom is -0.0801 e. The molecule has 0 aromatic rings. The Morgan fingerprint density at radius 1 is 0.750 bits per heavy atom. The van der Waals surface area contributed by atoms with Crippen molar-refractivity contribution in [1.29, 1.82) is 0 Å². The van der Waals surface area contributed by atoms with Crippen LogP contribution in [0.25, 0.3) is 0 Å². The molecule has 0 bridgehead atoms. The van der Waals surface area contributed by atoms with Crippen LogP contribution in [0, 0.1) is 0 Å². The third kappa shape index (κ3) is 1.65. The summed E-state index contributed by atoms with van der Waals surface area (Å²) in [5.41, 5.74) is 7.50. The summed E-state index contributed by atoms with van der Waals surface area (Å²) < 4.78 is 0. The van der Waals surface area contributed by atoms with Crippen LogP contribution in [0.5, 0.6) is 0 Å². The van der Waals surface area contributed by atoms with Crippen molar-refractivity contribution in [2.45, 2.75) is 26.2 Å².